The Morgan fingerprint density at radius 1 is 1.25 bits per heavy atom. The van der Waals surface area contributed by atoms with Crippen LogP contribution in [0.2, 0.25) is 0 Å². The minimum Gasteiger partial charge on any atom is -0.495 e. The monoisotopic (exact) mass is 385 g/mol. The molecule has 3 rings (SSSR count). The number of methoxy groups -OCH3 is 1. The molecule has 1 amide bonds. The molecule has 1 aliphatic rings. The number of halogens is 1. The molecule has 1 heterocycles. The largest absolute Gasteiger partial charge is 0.495 e. The Labute approximate surface area is 164 Å². The molecule has 0 fully saturated rings. The fourth-order valence-corrected chi connectivity index (χ4v) is 2.94. The number of ether oxygens (including phenoxy) is 3. The number of hydrogen-bond acceptors (Lipinski definition) is 4. The molecule has 2 aromatic carbocycles. The molecule has 5 nitrogen and oxygen atoms in total. The highest BCUT2D eigenvalue weighted by molar-refractivity contribution is 6.03. The highest BCUT2D eigenvalue weighted by Crippen LogP contribution is 2.32. The molecule has 0 unspecified atom stereocenters. The Morgan fingerprint density at radius 2 is 2.04 bits per heavy atom. The maximum atomic E-state index is 13.8. The van der Waals surface area contributed by atoms with Crippen LogP contribution in [0.1, 0.15) is 37.5 Å². The Hall–Kier alpha value is -2.86. The standard InChI is InChI=1S/C22H24FNO4/c1-22(2,3)16-6-7-19(26-4)18(11-16)24-20(25)8-5-14-9-17(23)10-15-12-27-13-28-21(14)15/h5-11H,12-13H2,1-4H3,(H,24,25). The van der Waals surface area contributed by atoms with Crippen molar-refractivity contribution in [1.29, 1.82) is 0 Å². The van der Waals surface area contributed by atoms with Crippen molar-refractivity contribution in [1.82, 2.24) is 0 Å². The van der Waals surface area contributed by atoms with Gasteiger partial charge in [0.2, 0.25) is 5.91 Å². The van der Waals surface area contributed by atoms with Crippen LogP contribution < -0.4 is 14.8 Å². The van der Waals surface area contributed by atoms with Gasteiger partial charge in [0.15, 0.2) is 6.79 Å². The number of carbonyl (C=O) groups is 1. The summed E-state index contributed by atoms with van der Waals surface area (Å²) >= 11 is 0. The summed E-state index contributed by atoms with van der Waals surface area (Å²) in [6, 6.07) is 8.40. The van der Waals surface area contributed by atoms with Crippen LogP contribution in [-0.2, 0) is 21.6 Å². The van der Waals surface area contributed by atoms with Crippen molar-refractivity contribution in [2.45, 2.75) is 32.8 Å². The van der Waals surface area contributed by atoms with Crippen LogP contribution in [0.3, 0.4) is 0 Å². The van der Waals surface area contributed by atoms with E-state index in [1.165, 1.54) is 24.3 Å². The molecular weight excluding hydrogens is 361 g/mol. The number of anilines is 1. The van der Waals surface area contributed by atoms with Gasteiger partial charge in [-0.1, -0.05) is 26.8 Å². The van der Waals surface area contributed by atoms with Crippen molar-refractivity contribution in [2.75, 3.05) is 19.2 Å². The van der Waals surface area contributed by atoms with E-state index in [0.29, 0.717) is 28.3 Å². The maximum absolute atomic E-state index is 13.8. The molecule has 0 aliphatic carbocycles. The van der Waals surface area contributed by atoms with E-state index in [1.54, 1.807) is 7.11 Å². The molecule has 0 saturated heterocycles. The summed E-state index contributed by atoms with van der Waals surface area (Å²) in [4.78, 5) is 12.5. The van der Waals surface area contributed by atoms with Gasteiger partial charge in [-0.25, -0.2) is 4.39 Å². The first-order valence-electron chi connectivity index (χ1n) is 8.98. The first-order valence-corrected chi connectivity index (χ1v) is 8.98. The molecule has 6 heteroatoms. The molecular formula is C22H24FNO4. The SMILES string of the molecule is COc1ccc(C(C)(C)C)cc1NC(=O)C=Cc1cc(F)cc2c1OCOC2. The van der Waals surface area contributed by atoms with E-state index >= 15 is 0 Å². The Morgan fingerprint density at radius 3 is 2.75 bits per heavy atom. The average Bonchev–Trinajstić information content (AvgIpc) is 2.65. The molecule has 0 saturated carbocycles. The van der Waals surface area contributed by atoms with Crippen LogP contribution >= 0.6 is 0 Å². The Balaban J connectivity index is 1.82. The molecule has 0 spiro atoms. The van der Waals surface area contributed by atoms with Crippen molar-refractivity contribution < 1.29 is 23.4 Å². The van der Waals surface area contributed by atoms with Gasteiger partial charge < -0.3 is 19.5 Å². The van der Waals surface area contributed by atoms with E-state index in [2.05, 4.69) is 26.1 Å². The van der Waals surface area contributed by atoms with Gasteiger partial charge in [-0.3, -0.25) is 4.79 Å². The lowest BCUT2D eigenvalue weighted by atomic mass is 9.87. The van der Waals surface area contributed by atoms with Crippen molar-refractivity contribution in [3.63, 3.8) is 0 Å². The van der Waals surface area contributed by atoms with Crippen LogP contribution in [0.4, 0.5) is 10.1 Å². The van der Waals surface area contributed by atoms with Crippen molar-refractivity contribution in [3.8, 4) is 11.5 Å². The minimum absolute atomic E-state index is 0.0678. The number of fused-ring (bicyclic) bond motifs is 1. The van der Waals surface area contributed by atoms with Gasteiger partial charge in [0.25, 0.3) is 0 Å². The number of rotatable bonds is 4. The summed E-state index contributed by atoms with van der Waals surface area (Å²) in [6.07, 6.45) is 2.87. The number of nitrogens with one attached hydrogen (secondary N) is 1. The third-order valence-corrected chi connectivity index (χ3v) is 4.44. The van der Waals surface area contributed by atoms with E-state index in [4.69, 9.17) is 14.2 Å². The van der Waals surface area contributed by atoms with Crippen molar-refractivity contribution >= 4 is 17.7 Å². The van der Waals surface area contributed by atoms with E-state index in [1.807, 2.05) is 18.2 Å². The quantitative estimate of drug-likeness (QED) is 0.779. The molecule has 0 atom stereocenters. The Kier molecular flexibility index (Phi) is 5.70. The van der Waals surface area contributed by atoms with E-state index in [0.717, 1.165) is 5.56 Å². The first kappa shape index (κ1) is 19.9. The smallest absolute Gasteiger partial charge is 0.248 e. The summed E-state index contributed by atoms with van der Waals surface area (Å²) in [5.74, 6) is 0.337. The third-order valence-electron chi connectivity index (χ3n) is 4.44. The second kappa shape index (κ2) is 8.02. The molecule has 0 radical (unpaired) electrons. The Bertz CT molecular complexity index is 915. The average molecular weight is 385 g/mol. The van der Waals surface area contributed by atoms with Crippen molar-refractivity contribution in [3.05, 3.63) is 58.9 Å². The number of benzene rings is 2. The molecule has 0 bridgehead atoms. The lowest BCUT2D eigenvalue weighted by Crippen LogP contribution is -2.14. The van der Waals surface area contributed by atoms with Crippen LogP contribution in [0.25, 0.3) is 6.08 Å². The normalized spacial score (nSPS) is 13.8. The molecule has 28 heavy (non-hydrogen) atoms. The van der Waals surface area contributed by atoms with E-state index < -0.39 is 5.82 Å². The van der Waals surface area contributed by atoms with Gasteiger partial charge >= 0.3 is 0 Å². The van der Waals surface area contributed by atoms with E-state index in [9.17, 15) is 9.18 Å². The van der Waals surface area contributed by atoms with Gasteiger partial charge in [0.05, 0.1) is 19.4 Å². The molecule has 1 aliphatic heterocycles. The second-order valence-electron chi connectivity index (χ2n) is 7.58. The third kappa shape index (κ3) is 4.51. The summed E-state index contributed by atoms with van der Waals surface area (Å²) in [5, 5.41) is 2.83. The number of hydrogen-bond donors (Lipinski definition) is 1. The van der Waals surface area contributed by atoms with Crippen molar-refractivity contribution in [2.24, 2.45) is 0 Å². The highest BCUT2D eigenvalue weighted by atomic mass is 19.1. The zero-order valence-corrected chi connectivity index (χ0v) is 16.5. The summed E-state index contributed by atoms with van der Waals surface area (Å²) < 4.78 is 29.8. The van der Waals surface area contributed by atoms with Crippen LogP contribution in [0.5, 0.6) is 11.5 Å². The molecule has 148 valence electrons. The van der Waals surface area contributed by atoms with Gasteiger partial charge in [-0.2, -0.15) is 0 Å². The van der Waals surface area contributed by atoms with E-state index in [-0.39, 0.29) is 24.7 Å². The molecule has 1 N–H and O–H groups in total. The summed E-state index contributed by atoms with van der Waals surface area (Å²) in [6.45, 7) is 6.66. The lowest BCUT2D eigenvalue weighted by molar-refractivity contribution is -0.111. The first-order chi connectivity index (χ1) is 13.3. The second-order valence-corrected chi connectivity index (χ2v) is 7.58. The fourth-order valence-electron chi connectivity index (χ4n) is 2.94. The fraction of sp³-hybridized carbons (Fsp3) is 0.318. The van der Waals surface area contributed by atoms with Gasteiger partial charge in [-0.15, -0.1) is 0 Å². The van der Waals surface area contributed by atoms with Gasteiger partial charge in [0.1, 0.15) is 17.3 Å². The molecule has 2 aromatic rings. The predicted octanol–water partition coefficient (Wildman–Crippen LogP) is 4.65. The number of carbonyl (C=O) groups excluding carboxylic acids is 1. The molecule has 0 aromatic heterocycles. The minimum atomic E-state index is -0.410. The highest BCUT2D eigenvalue weighted by Gasteiger charge is 2.18. The van der Waals surface area contributed by atoms with Gasteiger partial charge in [-0.05, 0) is 41.3 Å². The summed E-state index contributed by atoms with van der Waals surface area (Å²) in [7, 11) is 1.55. The van der Waals surface area contributed by atoms with Gasteiger partial charge in [0, 0.05) is 17.2 Å². The van der Waals surface area contributed by atoms with Crippen LogP contribution in [-0.4, -0.2) is 19.8 Å². The maximum Gasteiger partial charge on any atom is 0.248 e. The predicted molar refractivity (Wildman–Crippen MR) is 106 cm³/mol. The zero-order chi connectivity index (χ0) is 20.3. The lowest BCUT2D eigenvalue weighted by Gasteiger charge is -2.21. The van der Waals surface area contributed by atoms with Crippen LogP contribution in [0, 0.1) is 5.82 Å². The zero-order valence-electron chi connectivity index (χ0n) is 16.5. The summed E-state index contributed by atoms with van der Waals surface area (Å²) in [5.41, 5.74) is 2.69. The number of amides is 1. The van der Waals surface area contributed by atoms with Crippen LogP contribution in [0.15, 0.2) is 36.4 Å². The topological polar surface area (TPSA) is 56.8 Å².